The lowest BCUT2D eigenvalue weighted by atomic mass is 10.0. The Morgan fingerprint density at radius 3 is 1.60 bits per heavy atom. The lowest BCUT2D eigenvalue weighted by molar-refractivity contribution is 0.0835. The average molecular weight is 404 g/mol. The Bertz CT molecular complexity index is 811. The zero-order valence-electron chi connectivity index (χ0n) is 18.4. The van der Waals surface area contributed by atoms with E-state index in [1.54, 1.807) is 0 Å². The van der Waals surface area contributed by atoms with Gasteiger partial charge in [0.2, 0.25) is 0 Å². The van der Waals surface area contributed by atoms with Gasteiger partial charge in [0, 0.05) is 37.2 Å². The van der Waals surface area contributed by atoms with Crippen LogP contribution in [0.15, 0.2) is 73.2 Å². The smallest absolute Gasteiger partial charge is 0.0572 e. The third kappa shape index (κ3) is 5.49. The van der Waals surface area contributed by atoms with Crippen LogP contribution in [0.2, 0.25) is 0 Å². The van der Waals surface area contributed by atoms with Crippen LogP contribution in [0, 0.1) is 0 Å². The van der Waals surface area contributed by atoms with E-state index in [1.807, 2.05) is 42.9 Å². The van der Waals surface area contributed by atoms with Gasteiger partial charge in [0.05, 0.1) is 29.2 Å². The van der Waals surface area contributed by atoms with E-state index in [0.29, 0.717) is 6.04 Å². The maximum Gasteiger partial charge on any atom is 0.0572 e. The first-order valence-electron chi connectivity index (χ1n) is 10.8. The highest BCUT2D eigenvalue weighted by molar-refractivity contribution is 5.14. The van der Waals surface area contributed by atoms with Crippen LogP contribution in [0.5, 0.6) is 0 Å². The van der Waals surface area contributed by atoms with E-state index in [1.165, 1.54) is 0 Å². The second-order valence-corrected chi connectivity index (χ2v) is 7.75. The fourth-order valence-electron chi connectivity index (χ4n) is 4.03. The summed E-state index contributed by atoms with van der Waals surface area (Å²) in [5.41, 5.74) is 3.22. The molecule has 0 aliphatic rings. The summed E-state index contributed by atoms with van der Waals surface area (Å²) >= 11 is 0. The number of pyridine rings is 3. The highest BCUT2D eigenvalue weighted by Gasteiger charge is 2.30. The van der Waals surface area contributed by atoms with Crippen LogP contribution in [0.3, 0.4) is 0 Å². The van der Waals surface area contributed by atoms with Crippen molar-refractivity contribution in [3.63, 3.8) is 0 Å². The summed E-state index contributed by atoms with van der Waals surface area (Å²) in [5.74, 6) is 0. The number of nitrogens with zero attached hydrogens (tertiary/aromatic N) is 4. The van der Waals surface area contributed by atoms with Crippen LogP contribution in [-0.2, 0) is 0 Å². The minimum Gasteiger partial charge on any atom is -0.307 e. The van der Waals surface area contributed by atoms with Crippen molar-refractivity contribution < 1.29 is 0 Å². The van der Waals surface area contributed by atoms with Gasteiger partial charge >= 0.3 is 0 Å². The van der Waals surface area contributed by atoms with Gasteiger partial charge in [0.15, 0.2) is 0 Å². The molecule has 5 heteroatoms. The molecule has 30 heavy (non-hydrogen) atoms. The molecular weight excluding hydrogens is 370 g/mol. The van der Waals surface area contributed by atoms with E-state index >= 15 is 0 Å². The standard InChI is InChI=1S/C25H33N5/c1-5-22(18-29-19(2)23-12-6-9-15-26-23)30(20(3)24-13-7-10-16-27-24)21(4)25-14-8-11-17-28-25/h6-17,19-22,29H,5,18H2,1-4H3. The third-order valence-electron chi connectivity index (χ3n) is 5.81. The van der Waals surface area contributed by atoms with E-state index in [2.05, 4.69) is 83.2 Å². The SMILES string of the molecule is CCC(CNC(C)c1ccccn1)N(C(C)c1ccccn1)C(C)c1ccccn1. The van der Waals surface area contributed by atoms with Gasteiger partial charge in [0.25, 0.3) is 0 Å². The van der Waals surface area contributed by atoms with Crippen molar-refractivity contribution in [2.24, 2.45) is 0 Å². The van der Waals surface area contributed by atoms with E-state index in [-0.39, 0.29) is 18.1 Å². The Kier molecular flexibility index (Phi) is 8.05. The molecule has 0 fully saturated rings. The van der Waals surface area contributed by atoms with Crippen molar-refractivity contribution in [1.82, 2.24) is 25.2 Å². The summed E-state index contributed by atoms with van der Waals surface area (Å²) in [4.78, 5) is 16.3. The van der Waals surface area contributed by atoms with Crippen LogP contribution in [-0.4, -0.2) is 32.4 Å². The van der Waals surface area contributed by atoms with Gasteiger partial charge in [-0.2, -0.15) is 0 Å². The molecule has 4 atom stereocenters. The summed E-state index contributed by atoms with van der Waals surface area (Å²) in [6, 6.07) is 19.2. The minimum absolute atomic E-state index is 0.167. The molecule has 0 bridgehead atoms. The Morgan fingerprint density at radius 2 is 1.20 bits per heavy atom. The number of aromatic nitrogens is 3. The van der Waals surface area contributed by atoms with Crippen molar-refractivity contribution in [3.05, 3.63) is 90.3 Å². The van der Waals surface area contributed by atoms with Gasteiger partial charge in [-0.25, -0.2) is 0 Å². The molecule has 0 aromatic carbocycles. The topological polar surface area (TPSA) is 53.9 Å². The molecule has 1 N–H and O–H groups in total. The number of hydrogen-bond acceptors (Lipinski definition) is 5. The molecule has 4 unspecified atom stereocenters. The molecule has 0 amide bonds. The van der Waals surface area contributed by atoms with Crippen LogP contribution >= 0.6 is 0 Å². The molecule has 0 saturated heterocycles. The van der Waals surface area contributed by atoms with Gasteiger partial charge in [-0.05, 0) is 63.6 Å². The molecule has 0 aliphatic heterocycles. The minimum atomic E-state index is 0.167. The summed E-state index contributed by atoms with van der Waals surface area (Å²) in [7, 11) is 0. The molecule has 3 rings (SSSR count). The molecule has 3 aromatic heterocycles. The van der Waals surface area contributed by atoms with E-state index in [9.17, 15) is 0 Å². The first-order valence-corrected chi connectivity index (χ1v) is 10.8. The predicted molar refractivity (Wildman–Crippen MR) is 122 cm³/mol. The zero-order chi connectivity index (χ0) is 21.3. The Morgan fingerprint density at radius 1 is 0.733 bits per heavy atom. The molecule has 5 nitrogen and oxygen atoms in total. The maximum atomic E-state index is 4.64. The summed E-state index contributed by atoms with van der Waals surface area (Å²) in [6.45, 7) is 9.77. The third-order valence-corrected chi connectivity index (χ3v) is 5.81. The van der Waals surface area contributed by atoms with Crippen LogP contribution in [0.25, 0.3) is 0 Å². The first-order chi connectivity index (χ1) is 14.6. The largest absolute Gasteiger partial charge is 0.307 e. The lowest BCUT2D eigenvalue weighted by Crippen LogP contribution is -2.45. The second-order valence-electron chi connectivity index (χ2n) is 7.75. The highest BCUT2D eigenvalue weighted by Crippen LogP contribution is 2.32. The monoisotopic (exact) mass is 403 g/mol. The van der Waals surface area contributed by atoms with E-state index in [4.69, 9.17) is 0 Å². The summed E-state index contributed by atoms with van der Waals surface area (Å²) < 4.78 is 0. The van der Waals surface area contributed by atoms with Gasteiger partial charge in [-0.1, -0.05) is 25.1 Å². The molecule has 0 spiro atoms. The molecule has 3 aromatic rings. The fraction of sp³-hybridized carbons (Fsp3) is 0.400. The molecule has 3 heterocycles. The number of nitrogens with one attached hydrogen (secondary N) is 1. The molecule has 158 valence electrons. The normalized spacial score (nSPS) is 15.5. The van der Waals surface area contributed by atoms with Crippen LogP contribution < -0.4 is 5.32 Å². The predicted octanol–water partition coefficient (Wildman–Crippen LogP) is 5.13. The van der Waals surface area contributed by atoms with Gasteiger partial charge < -0.3 is 5.32 Å². The molecule has 0 saturated carbocycles. The van der Waals surface area contributed by atoms with Gasteiger partial charge in [-0.3, -0.25) is 19.9 Å². The Balaban J connectivity index is 1.83. The van der Waals surface area contributed by atoms with Crippen molar-refractivity contribution in [2.75, 3.05) is 6.54 Å². The molecule has 0 radical (unpaired) electrons. The van der Waals surface area contributed by atoms with Crippen molar-refractivity contribution in [1.29, 1.82) is 0 Å². The van der Waals surface area contributed by atoms with Gasteiger partial charge in [0.1, 0.15) is 0 Å². The average Bonchev–Trinajstić information content (AvgIpc) is 2.82. The van der Waals surface area contributed by atoms with Crippen molar-refractivity contribution in [3.8, 4) is 0 Å². The Hall–Kier alpha value is -2.63. The maximum absolute atomic E-state index is 4.64. The van der Waals surface area contributed by atoms with Crippen molar-refractivity contribution in [2.45, 2.75) is 58.3 Å². The van der Waals surface area contributed by atoms with E-state index < -0.39 is 0 Å². The number of rotatable bonds is 10. The van der Waals surface area contributed by atoms with Crippen LogP contribution in [0.1, 0.15) is 69.3 Å². The quantitative estimate of drug-likeness (QED) is 0.509. The highest BCUT2D eigenvalue weighted by atomic mass is 15.2. The lowest BCUT2D eigenvalue weighted by Gasteiger charge is -2.40. The first kappa shape index (κ1) is 22.1. The van der Waals surface area contributed by atoms with Gasteiger partial charge in [-0.15, -0.1) is 0 Å². The second kappa shape index (κ2) is 11.0. The van der Waals surface area contributed by atoms with Crippen molar-refractivity contribution >= 4 is 0 Å². The Labute approximate surface area is 180 Å². The molecule has 0 aliphatic carbocycles. The fourth-order valence-corrected chi connectivity index (χ4v) is 4.03. The number of hydrogen-bond donors (Lipinski definition) is 1. The molecular formula is C25H33N5. The summed E-state index contributed by atoms with van der Waals surface area (Å²) in [5, 5.41) is 3.70. The zero-order valence-corrected chi connectivity index (χ0v) is 18.4. The summed E-state index contributed by atoms with van der Waals surface area (Å²) in [6.07, 6.45) is 6.62. The van der Waals surface area contributed by atoms with E-state index in [0.717, 1.165) is 30.0 Å². The van der Waals surface area contributed by atoms with Crippen LogP contribution in [0.4, 0.5) is 0 Å².